The van der Waals surface area contributed by atoms with Crippen LogP contribution in [0.2, 0.25) is 0 Å². The summed E-state index contributed by atoms with van der Waals surface area (Å²) in [6, 6.07) is 12.2. The van der Waals surface area contributed by atoms with Crippen LogP contribution in [0.15, 0.2) is 42.5 Å². The predicted molar refractivity (Wildman–Crippen MR) is 122 cm³/mol. The highest BCUT2D eigenvalue weighted by Crippen LogP contribution is 2.55. The molecule has 2 fully saturated rings. The molecule has 1 aliphatic heterocycles. The van der Waals surface area contributed by atoms with Crippen LogP contribution in [0.4, 0.5) is 19.0 Å². The summed E-state index contributed by atoms with van der Waals surface area (Å²) in [4.78, 5) is 27.9. The number of pyridine rings is 3. The number of nitrogens with zero attached hydrogens (tertiary/aromatic N) is 4. The number of halogens is 3. The minimum Gasteiger partial charge on any atom is -0.296 e. The maximum atomic E-state index is 13.1. The van der Waals surface area contributed by atoms with Gasteiger partial charge in [0, 0.05) is 35.2 Å². The first-order chi connectivity index (χ1) is 16.1. The number of carbonyl (C=O) groups is 1. The van der Waals surface area contributed by atoms with Crippen molar-refractivity contribution in [1.82, 2.24) is 15.0 Å². The number of aryl methyl sites for hydroxylation is 3. The summed E-state index contributed by atoms with van der Waals surface area (Å²) in [5, 5.41) is 0. The molecule has 3 atom stereocenters. The normalized spacial score (nSPS) is 22.4. The van der Waals surface area contributed by atoms with Gasteiger partial charge in [-0.3, -0.25) is 14.7 Å². The smallest absolute Gasteiger partial charge is 0.296 e. The Morgan fingerprint density at radius 1 is 0.882 bits per heavy atom. The molecule has 0 radical (unpaired) electrons. The van der Waals surface area contributed by atoms with Gasteiger partial charge in [0.2, 0.25) is 5.91 Å². The molecular weight excluding hydrogens is 441 g/mol. The Morgan fingerprint density at radius 3 is 2.29 bits per heavy atom. The van der Waals surface area contributed by atoms with E-state index in [1.807, 2.05) is 44.2 Å². The summed E-state index contributed by atoms with van der Waals surface area (Å²) in [5.74, 6) is 0.726. The molecule has 0 spiro atoms. The second kappa shape index (κ2) is 8.18. The molecule has 0 N–H and O–H groups in total. The van der Waals surface area contributed by atoms with Gasteiger partial charge >= 0.3 is 6.18 Å². The monoisotopic (exact) mass is 466 g/mol. The Morgan fingerprint density at radius 2 is 1.62 bits per heavy atom. The fourth-order valence-corrected chi connectivity index (χ4v) is 5.03. The lowest BCUT2D eigenvalue weighted by atomic mass is 9.95. The minimum absolute atomic E-state index is 0.0338. The van der Waals surface area contributed by atoms with E-state index in [1.54, 1.807) is 17.9 Å². The lowest BCUT2D eigenvalue weighted by Crippen LogP contribution is -2.27. The van der Waals surface area contributed by atoms with Gasteiger partial charge in [-0.15, -0.1) is 0 Å². The largest absolute Gasteiger partial charge is 0.433 e. The number of hydrogen-bond acceptors (Lipinski definition) is 4. The quantitative estimate of drug-likeness (QED) is 0.502. The molecule has 3 unspecified atom stereocenters. The van der Waals surface area contributed by atoms with E-state index in [9.17, 15) is 18.0 Å². The van der Waals surface area contributed by atoms with E-state index in [4.69, 9.17) is 4.98 Å². The second-order valence-electron chi connectivity index (χ2n) is 9.20. The topological polar surface area (TPSA) is 59.0 Å². The van der Waals surface area contributed by atoms with E-state index in [1.165, 1.54) is 0 Å². The van der Waals surface area contributed by atoms with E-state index in [0.717, 1.165) is 40.7 Å². The van der Waals surface area contributed by atoms with Crippen molar-refractivity contribution in [2.24, 2.45) is 0 Å². The molecule has 3 aromatic heterocycles. The highest BCUT2D eigenvalue weighted by atomic mass is 19.4. The fourth-order valence-electron chi connectivity index (χ4n) is 5.03. The SMILES string of the molecule is Cc1cccc(N2CCC(c3ccc(C4CC4c4ccc(C(F)(F)F)nc4C)nc3C)C2=O)n1. The van der Waals surface area contributed by atoms with Crippen LogP contribution < -0.4 is 4.90 Å². The van der Waals surface area contributed by atoms with E-state index in [-0.39, 0.29) is 23.7 Å². The molecule has 0 aromatic carbocycles. The molecule has 0 bridgehead atoms. The molecule has 8 heteroatoms. The number of rotatable bonds is 4. The van der Waals surface area contributed by atoms with E-state index >= 15 is 0 Å². The van der Waals surface area contributed by atoms with Gasteiger partial charge in [0.05, 0.1) is 5.92 Å². The van der Waals surface area contributed by atoms with Gasteiger partial charge in [0.15, 0.2) is 0 Å². The number of alkyl halides is 3. The number of hydrogen-bond donors (Lipinski definition) is 0. The molecule has 2 aliphatic rings. The third-order valence-electron chi connectivity index (χ3n) is 6.87. The lowest BCUT2D eigenvalue weighted by Gasteiger charge is -2.17. The van der Waals surface area contributed by atoms with Crippen LogP contribution in [0.3, 0.4) is 0 Å². The van der Waals surface area contributed by atoms with Crippen LogP contribution >= 0.6 is 0 Å². The Bertz CT molecular complexity index is 1270. The molecule has 1 saturated carbocycles. The lowest BCUT2D eigenvalue weighted by molar-refractivity contribution is -0.141. The number of carbonyl (C=O) groups excluding carboxylic acids is 1. The van der Waals surface area contributed by atoms with Crippen LogP contribution in [-0.4, -0.2) is 27.4 Å². The predicted octanol–water partition coefficient (Wildman–Crippen LogP) is 5.61. The summed E-state index contributed by atoms with van der Waals surface area (Å²) >= 11 is 0. The average molecular weight is 467 g/mol. The highest BCUT2D eigenvalue weighted by Gasteiger charge is 2.43. The van der Waals surface area contributed by atoms with Crippen LogP contribution in [-0.2, 0) is 11.0 Å². The molecule has 1 saturated heterocycles. The first-order valence-electron chi connectivity index (χ1n) is 11.4. The van der Waals surface area contributed by atoms with Crippen LogP contribution in [0.1, 0.15) is 70.2 Å². The van der Waals surface area contributed by atoms with Crippen LogP contribution in [0.5, 0.6) is 0 Å². The van der Waals surface area contributed by atoms with Crippen molar-refractivity contribution >= 4 is 11.7 Å². The van der Waals surface area contributed by atoms with E-state index in [2.05, 4.69) is 9.97 Å². The van der Waals surface area contributed by atoms with Crippen molar-refractivity contribution in [1.29, 1.82) is 0 Å². The van der Waals surface area contributed by atoms with Gasteiger partial charge in [0.25, 0.3) is 0 Å². The molecular formula is C26H25F3N4O. The molecule has 1 aliphatic carbocycles. The Labute approximate surface area is 196 Å². The van der Waals surface area contributed by atoms with Crippen LogP contribution in [0, 0.1) is 20.8 Å². The molecule has 4 heterocycles. The first kappa shape index (κ1) is 22.5. The maximum Gasteiger partial charge on any atom is 0.433 e. The Hall–Kier alpha value is -3.29. The third-order valence-corrected chi connectivity index (χ3v) is 6.87. The summed E-state index contributed by atoms with van der Waals surface area (Å²) < 4.78 is 38.8. The summed E-state index contributed by atoms with van der Waals surface area (Å²) in [5.41, 5.74) is 3.92. The van der Waals surface area contributed by atoms with Crippen molar-refractivity contribution in [3.05, 3.63) is 82.1 Å². The molecule has 34 heavy (non-hydrogen) atoms. The van der Waals surface area contributed by atoms with Crippen LogP contribution in [0.25, 0.3) is 0 Å². The van der Waals surface area contributed by atoms with Gasteiger partial charge in [-0.05, 0) is 74.9 Å². The van der Waals surface area contributed by atoms with Gasteiger partial charge in [-0.2, -0.15) is 13.2 Å². The van der Waals surface area contributed by atoms with Crippen molar-refractivity contribution in [2.45, 2.75) is 57.5 Å². The first-order valence-corrected chi connectivity index (χ1v) is 11.4. The van der Waals surface area contributed by atoms with Crippen molar-refractivity contribution in [3.63, 3.8) is 0 Å². The molecule has 1 amide bonds. The number of aromatic nitrogens is 3. The Kier molecular flexibility index (Phi) is 5.41. The fraction of sp³-hybridized carbons (Fsp3) is 0.385. The average Bonchev–Trinajstić information content (AvgIpc) is 3.48. The number of amides is 1. The summed E-state index contributed by atoms with van der Waals surface area (Å²) in [7, 11) is 0. The number of anilines is 1. The van der Waals surface area contributed by atoms with Gasteiger partial charge in [-0.1, -0.05) is 18.2 Å². The molecule has 176 valence electrons. The van der Waals surface area contributed by atoms with Crippen molar-refractivity contribution in [3.8, 4) is 0 Å². The zero-order valence-corrected chi connectivity index (χ0v) is 19.2. The maximum absolute atomic E-state index is 13.1. The zero-order chi connectivity index (χ0) is 24.2. The highest BCUT2D eigenvalue weighted by molar-refractivity contribution is 5.99. The molecule has 3 aromatic rings. The second-order valence-corrected chi connectivity index (χ2v) is 9.20. The summed E-state index contributed by atoms with van der Waals surface area (Å²) in [6.45, 7) is 6.07. The summed E-state index contributed by atoms with van der Waals surface area (Å²) in [6.07, 6.45) is -2.91. The molecule has 5 nitrogen and oxygen atoms in total. The molecule has 5 rings (SSSR count). The van der Waals surface area contributed by atoms with Crippen molar-refractivity contribution in [2.75, 3.05) is 11.4 Å². The van der Waals surface area contributed by atoms with Gasteiger partial charge in [-0.25, -0.2) is 9.97 Å². The Balaban J connectivity index is 1.32. The van der Waals surface area contributed by atoms with Crippen molar-refractivity contribution < 1.29 is 18.0 Å². The van der Waals surface area contributed by atoms with Gasteiger partial charge in [0.1, 0.15) is 11.5 Å². The van der Waals surface area contributed by atoms with E-state index < -0.39 is 11.9 Å². The zero-order valence-electron chi connectivity index (χ0n) is 19.2. The third kappa shape index (κ3) is 4.06. The standard InChI is InChI=1S/C26H25F3N4O/c1-14-5-4-6-24(30-14)33-12-11-19(25(33)34)17-7-9-22(31-15(17)2)21-13-20(21)18-8-10-23(26(27,28)29)32-16(18)3/h4-10,19-21H,11-13H2,1-3H3. The minimum atomic E-state index is -4.44. The van der Waals surface area contributed by atoms with E-state index in [0.29, 0.717) is 24.5 Å². The van der Waals surface area contributed by atoms with Gasteiger partial charge < -0.3 is 0 Å².